The third-order valence-electron chi connectivity index (χ3n) is 6.48. The van der Waals surface area contributed by atoms with E-state index in [1.54, 1.807) is 6.33 Å². The Labute approximate surface area is 192 Å². The van der Waals surface area contributed by atoms with Gasteiger partial charge in [0, 0.05) is 43.7 Å². The normalized spacial score (nSPS) is 14.9. The lowest BCUT2D eigenvalue weighted by Crippen LogP contribution is -2.46. The average Bonchev–Trinajstić information content (AvgIpc) is 3.23. The summed E-state index contributed by atoms with van der Waals surface area (Å²) in [5, 5.41) is 3.47. The summed E-state index contributed by atoms with van der Waals surface area (Å²) in [6.45, 7) is 6.56. The minimum atomic E-state index is 0.699. The molecule has 0 saturated carbocycles. The number of rotatable bonds is 4. The zero-order chi connectivity index (χ0) is 22.2. The second-order valence-corrected chi connectivity index (χ2v) is 8.53. The molecule has 6 rings (SSSR count). The summed E-state index contributed by atoms with van der Waals surface area (Å²) >= 11 is 0. The van der Waals surface area contributed by atoms with Crippen LogP contribution >= 0.6 is 0 Å². The van der Waals surface area contributed by atoms with E-state index in [0.717, 1.165) is 66.5 Å². The van der Waals surface area contributed by atoms with Gasteiger partial charge in [0.2, 0.25) is 5.89 Å². The van der Waals surface area contributed by atoms with E-state index in [1.807, 2.05) is 25.1 Å². The van der Waals surface area contributed by atoms with Crippen LogP contribution in [0.25, 0.3) is 33.1 Å². The third kappa shape index (κ3) is 3.72. The molecule has 0 radical (unpaired) electrons. The van der Waals surface area contributed by atoms with Gasteiger partial charge in [-0.3, -0.25) is 4.90 Å². The van der Waals surface area contributed by atoms with E-state index in [2.05, 4.69) is 68.3 Å². The van der Waals surface area contributed by atoms with E-state index in [-0.39, 0.29) is 0 Å². The van der Waals surface area contributed by atoms with Crippen molar-refractivity contribution in [3.8, 4) is 11.5 Å². The Kier molecular flexibility index (Phi) is 5.00. The summed E-state index contributed by atoms with van der Waals surface area (Å²) < 4.78 is 6.12. The van der Waals surface area contributed by atoms with E-state index in [4.69, 9.17) is 9.40 Å². The number of hydrogen-bond acceptors (Lipinski definition) is 6. The maximum Gasteiger partial charge on any atom is 0.227 e. The zero-order valence-electron chi connectivity index (χ0n) is 18.6. The molecule has 1 fully saturated rings. The van der Waals surface area contributed by atoms with Crippen LogP contribution in [0, 0.1) is 6.92 Å². The SMILES string of the molecule is Cc1oc(-c2cccc3ccccc23)nc1CN1CCN(c2ncnc3ccccc23)CC1. The van der Waals surface area contributed by atoms with Crippen molar-refractivity contribution in [2.45, 2.75) is 13.5 Å². The van der Waals surface area contributed by atoms with Gasteiger partial charge in [0.05, 0.1) is 11.2 Å². The number of aromatic nitrogens is 3. The highest BCUT2D eigenvalue weighted by Crippen LogP contribution is 2.30. The quantitative estimate of drug-likeness (QED) is 0.393. The van der Waals surface area contributed by atoms with Gasteiger partial charge in [0.1, 0.15) is 17.9 Å². The van der Waals surface area contributed by atoms with Crippen LogP contribution in [0.15, 0.2) is 77.5 Å². The fourth-order valence-corrected chi connectivity index (χ4v) is 4.67. The molecule has 6 nitrogen and oxygen atoms in total. The van der Waals surface area contributed by atoms with Crippen molar-refractivity contribution in [1.82, 2.24) is 19.9 Å². The number of nitrogens with zero attached hydrogens (tertiary/aromatic N) is 5. The number of anilines is 1. The van der Waals surface area contributed by atoms with Crippen LogP contribution in [-0.4, -0.2) is 46.0 Å². The lowest BCUT2D eigenvalue weighted by Gasteiger charge is -2.35. The Hall–Kier alpha value is -3.77. The van der Waals surface area contributed by atoms with Crippen molar-refractivity contribution < 1.29 is 4.42 Å². The van der Waals surface area contributed by atoms with Crippen molar-refractivity contribution in [2.75, 3.05) is 31.1 Å². The molecule has 0 atom stereocenters. The first kappa shape index (κ1) is 19.9. The molecule has 164 valence electrons. The van der Waals surface area contributed by atoms with E-state index < -0.39 is 0 Å². The molecule has 0 amide bonds. The van der Waals surface area contributed by atoms with Gasteiger partial charge in [-0.05, 0) is 35.9 Å². The van der Waals surface area contributed by atoms with Gasteiger partial charge in [-0.1, -0.05) is 48.5 Å². The Morgan fingerprint density at radius 2 is 1.58 bits per heavy atom. The minimum absolute atomic E-state index is 0.699. The van der Waals surface area contributed by atoms with Crippen molar-refractivity contribution in [3.05, 3.63) is 84.5 Å². The van der Waals surface area contributed by atoms with Crippen LogP contribution in [0.5, 0.6) is 0 Å². The summed E-state index contributed by atoms with van der Waals surface area (Å²) in [6.07, 6.45) is 1.66. The number of benzene rings is 3. The highest BCUT2D eigenvalue weighted by molar-refractivity contribution is 5.94. The lowest BCUT2D eigenvalue weighted by molar-refractivity contribution is 0.246. The summed E-state index contributed by atoms with van der Waals surface area (Å²) in [5.74, 6) is 2.61. The van der Waals surface area contributed by atoms with Crippen LogP contribution in [0.2, 0.25) is 0 Å². The average molecular weight is 436 g/mol. The zero-order valence-corrected chi connectivity index (χ0v) is 18.6. The monoisotopic (exact) mass is 435 g/mol. The van der Waals surface area contributed by atoms with Crippen LogP contribution in [0.4, 0.5) is 5.82 Å². The van der Waals surface area contributed by atoms with Crippen molar-refractivity contribution in [1.29, 1.82) is 0 Å². The number of piperazine rings is 1. The molecule has 3 aromatic carbocycles. The molecular formula is C27H25N5O. The molecule has 5 aromatic rings. The van der Waals surface area contributed by atoms with Gasteiger partial charge in [0.15, 0.2) is 0 Å². The van der Waals surface area contributed by atoms with Crippen LogP contribution in [0.1, 0.15) is 11.5 Å². The number of oxazole rings is 1. The number of fused-ring (bicyclic) bond motifs is 2. The minimum Gasteiger partial charge on any atom is -0.441 e. The molecule has 33 heavy (non-hydrogen) atoms. The molecule has 3 heterocycles. The standard InChI is InChI=1S/C27H25N5O/c1-19-25(30-27(33-19)22-11-6-8-20-7-2-3-9-21(20)22)17-31-13-15-32(16-14-31)26-23-10-4-5-12-24(23)28-18-29-26/h2-12,18H,13-17H2,1H3. The maximum absolute atomic E-state index is 6.12. The predicted molar refractivity (Wildman–Crippen MR) is 131 cm³/mol. The number of hydrogen-bond donors (Lipinski definition) is 0. The van der Waals surface area contributed by atoms with E-state index in [1.165, 1.54) is 10.8 Å². The highest BCUT2D eigenvalue weighted by atomic mass is 16.4. The first-order chi connectivity index (χ1) is 16.3. The second-order valence-electron chi connectivity index (χ2n) is 8.53. The summed E-state index contributed by atoms with van der Waals surface area (Å²) in [6, 6.07) is 22.8. The Balaban J connectivity index is 1.19. The van der Waals surface area contributed by atoms with E-state index in [0.29, 0.717) is 5.89 Å². The van der Waals surface area contributed by atoms with Crippen molar-refractivity contribution >= 4 is 27.5 Å². The lowest BCUT2D eigenvalue weighted by atomic mass is 10.0. The molecule has 2 aromatic heterocycles. The molecule has 1 saturated heterocycles. The number of aryl methyl sites for hydroxylation is 1. The first-order valence-electron chi connectivity index (χ1n) is 11.4. The van der Waals surface area contributed by atoms with Crippen molar-refractivity contribution in [2.24, 2.45) is 0 Å². The molecular weight excluding hydrogens is 410 g/mol. The Morgan fingerprint density at radius 3 is 2.45 bits per heavy atom. The topological polar surface area (TPSA) is 58.3 Å². The predicted octanol–water partition coefficient (Wildman–Crippen LogP) is 5.07. The summed E-state index contributed by atoms with van der Waals surface area (Å²) in [7, 11) is 0. The second kappa shape index (κ2) is 8.30. The molecule has 0 bridgehead atoms. The molecule has 6 heteroatoms. The number of para-hydroxylation sites is 1. The largest absolute Gasteiger partial charge is 0.441 e. The molecule has 0 unspecified atom stereocenters. The van der Waals surface area contributed by atoms with E-state index in [9.17, 15) is 0 Å². The fraction of sp³-hybridized carbons (Fsp3) is 0.222. The Bertz CT molecular complexity index is 1420. The highest BCUT2D eigenvalue weighted by Gasteiger charge is 2.22. The summed E-state index contributed by atoms with van der Waals surface area (Å²) in [5.41, 5.74) is 3.05. The fourth-order valence-electron chi connectivity index (χ4n) is 4.67. The van der Waals surface area contributed by atoms with Gasteiger partial charge in [0.25, 0.3) is 0 Å². The molecule has 0 spiro atoms. The van der Waals surface area contributed by atoms with Gasteiger partial charge < -0.3 is 9.32 Å². The van der Waals surface area contributed by atoms with E-state index >= 15 is 0 Å². The van der Waals surface area contributed by atoms with Gasteiger partial charge in [-0.2, -0.15) is 0 Å². The summed E-state index contributed by atoms with van der Waals surface area (Å²) in [4.78, 5) is 18.7. The van der Waals surface area contributed by atoms with Crippen LogP contribution in [0.3, 0.4) is 0 Å². The molecule has 1 aliphatic rings. The van der Waals surface area contributed by atoms with Gasteiger partial charge >= 0.3 is 0 Å². The van der Waals surface area contributed by atoms with Crippen LogP contribution < -0.4 is 4.90 Å². The van der Waals surface area contributed by atoms with Gasteiger partial charge in [-0.25, -0.2) is 15.0 Å². The van der Waals surface area contributed by atoms with Crippen molar-refractivity contribution in [3.63, 3.8) is 0 Å². The van der Waals surface area contributed by atoms with Gasteiger partial charge in [-0.15, -0.1) is 0 Å². The Morgan fingerprint density at radius 1 is 0.818 bits per heavy atom. The van der Waals surface area contributed by atoms with Crippen LogP contribution in [-0.2, 0) is 6.54 Å². The maximum atomic E-state index is 6.12. The third-order valence-corrected chi connectivity index (χ3v) is 6.48. The molecule has 1 aliphatic heterocycles. The first-order valence-corrected chi connectivity index (χ1v) is 11.4. The smallest absolute Gasteiger partial charge is 0.227 e. The molecule has 0 aliphatic carbocycles. The molecule has 0 N–H and O–H groups in total.